The third-order valence-corrected chi connectivity index (χ3v) is 16.2. The van der Waals surface area contributed by atoms with Crippen molar-refractivity contribution in [2.45, 2.75) is 202 Å². The number of likely N-dealkylation sites (N-methyl/N-ethyl adjacent to an activating group) is 5. The monoisotopic (exact) mass is 1180 g/mol. The van der Waals surface area contributed by atoms with Gasteiger partial charge in [-0.25, -0.2) is 4.79 Å². The van der Waals surface area contributed by atoms with Gasteiger partial charge >= 0.3 is 11.9 Å². The van der Waals surface area contributed by atoms with Crippen molar-refractivity contribution in [3.8, 4) is 5.75 Å². The fourth-order valence-corrected chi connectivity index (χ4v) is 11.0. The first kappa shape index (κ1) is 71.5. The summed E-state index contributed by atoms with van der Waals surface area (Å²) in [5, 5.41) is 8.30. The predicted octanol–water partition coefficient (Wildman–Crippen LogP) is 3.58. The van der Waals surface area contributed by atoms with Crippen LogP contribution in [0.25, 0.3) is 0 Å². The van der Waals surface area contributed by atoms with E-state index in [0.29, 0.717) is 37.0 Å². The Morgan fingerprint density at radius 2 is 1.15 bits per heavy atom. The number of amides is 9. The molecular formula is C61H99N9O14. The first-order chi connectivity index (χ1) is 39.1. The van der Waals surface area contributed by atoms with Crippen molar-refractivity contribution < 1.29 is 67.0 Å². The summed E-state index contributed by atoms with van der Waals surface area (Å²) in [6, 6.07) is -3.55. The zero-order valence-corrected chi connectivity index (χ0v) is 53.7. The molecule has 23 nitrogen and oxygen atoms in total. The molecule has 1 aromatic rings. The van der Waals surface area contributed by atoms with Gasteiger partial charge in [0, 0.05) is 48.2 Å². The summed E-state index contributed by atoms with van der Waals surface area (Å²) in [7, 11) is 8.45. The van der Waals surface area contributed by atoms with E-state index in [9.17, 15) is 43.2 Å². The molecule has 0 aliphatic carbocycles. The van der Waals surface area contributed by atoms with Gasteiger partial charge in [-0.1, -0.05) is 94.2 Å². The highest BCUT2D eigenvalue weighted by molar-refractivity contribution is 5.99. The second kappa shape index (κ2) is 31.4. The van der Waals surface area contributed by atoms with E-state index in [2.05, 4.69) is 16.0 Å². The molecule has 0 unspecified atom stereocenters. The summed E-state index contributed by atoms with van der Waals surface area (Å²) >= 11 is 0. The Labute approximate surface area is 498 Å². The van der Waals surface area contributed by atoms with Crippen LogP contribution in [0.3, 0.4) is 0 Å². The molecule has 1 aromatic carbocycles. The molecule has 0 radical (unpaired) electrons. The van der Waals surface area contributed by atoms with Crippen LogP contribution in [0, 0.1) is 29.6 Å². The van der Waals surface area contributed by atoms with E-state index < -0.39 is 168 Å². The molecule has 2 saturated heterocycles. The van der Waals surface area contributed by atoms with Crippen LogP contribution in [0.2, 0.25) is 0 Å². The quantitative estimate of drug-likeness (QED) is 0.253. The lowest BCUT2D eigenvalue weighted by atomic mass is 9.92. The molecule has 0 spiro atoms. The average molecular weight is 1180 g/mol. The molecule has 0 aromatic heterocycles. The summed E-state index contributed by atoms with van der Waals surface area (Å²) in [5.74, 6) is -10.4. The first-order valence-electron chi connectivity index (χ1n) is 29.6. The number of fused-ring (bicyclic) bond motifs is 1. The predicted molar refractivity (Wildman–Crippen MR) is 315 cm³/mol. The van der Waals surface area contributed by atoms with Gasteiger partial charge in [0.1, 0.15) is 59.7 Å². The molecule has 11 atom stereocenters. The number of carbonyl (C=O) groups excluding carboxylic acids is 11. The zero-order valence-electron chi connectivity index (χ0n) is 53.7. The smallest absolute Gasteiger partial charge is 0.329 e. The number of hydrogen-bond acceptors (Lipinski definition) is 14. The van der Waals surface area contributed by atoms with Crippen molar-refractivity contribution in [1.82, 2.24) is 45.3 Å². The largest absolute Gasteiger partial charge is 0.497 e. The fourth-order valence-electron chi connectivity index (χ4n) is 11.0. The molecule has 2 heterocycles. The normalized spacial score (nSPS) is 26.2. The van der Waals surface area contributed by atoms with E-state index in [1.165, 1.54) is 68.9 Å². The molecule has 2 aliphatic rings. The van der Waals surface area contributed by atoms with E-state index in [1.54, 1.807) is 100 Å². The number of nitrogens with one attached hydrogen (secondary N) is 3. The van der Waals surface area contributed by atoms with Gasteiger partial charge in [0.15, 0.2) is 6.10 Å². The first-order valence-corrected chi connectivity index (χ1v) is 29.6. The van der Waals surface area contributed by atoms with E-state index in [0.717, 1.165) is 9.80 Å². The summed E-state index contributed by atoms with van der Waals surface area (Å²) in [5.41, 5.74) is -0.414. The van der Waals surface area contributed by atoms with Gasteiger partial charge in [-0.05, 0) is 94.2 Å². The van der Waals surface area contributed by atoms with Crippen molar-refractivity contribution >= 4 is 65.1 Å². The van der Waals surface area contributed by atoms with Gasteiger partial charge in [-0.3, -0.25) is 47.9 Å². The summed E-state index contributed by atoms with van der Waals surface area (Å²) in [4.78, 5) is 168. The summed E-state index contributed by atoms with van der Waals surface area (Å²) in [6.07, 6.45) is -0.194. The highest BCUT2D eigenvalue weighted by Gasteiger charge is 2.46. The third kappa shape index (κ3) is 18.3. The van der Waals surface area contributed by atoms with Crippen LogP contribution in [0.15, 0.2) is 24.3 Å². The van der Waals surface area contributed by atoms with Gasteiger partial charge in [0.25, 0.3) is 5.91 Å². The van der Waals surface area contributed by atoms with Gasteiger partial charge in [0.05, 0.1) is 20.1 Å². The molecule has 3 N–H and O–H groups in total. The molecule has 3 rings (SSSR count). The lowest BCUT2D eigenvalue weighted by molar-refractivity contribution is -0.165. The van der Waals surface area contributed by atoms with Crippen LogP contribution >= 0.6 is 0 Å². The minimum atomic E-state index is -1.59. The number of ether oxygens (including phenoxy) is 3. The highest BCUT2D eigenvalue weighted by Crippen LogP contribution is 2.27. The number of cyclic esters (lactones) is 1. The Kier molecular flexibility index (Phi) is 26.7. The van der Waals surface area contributed by atoms with Gasteiger partial charge < -0.3 is 59.6 Å². The number of methoxy groups -OCH3 is 1. The standard InChI is InChI=1S/C61H99N9O14/c1-21-37(9)50-52(73)62-33-45(71)66(16)48(35(5)6)53(74)63-42(31-40-26-28-41(82-20)29-27-40)60(81)83-39(11)55(76)70-30-24-23-25-43(70)56(77)67(17)49(36(7)8)54(75)64-47(34(3)4)58(79)65(15)44(32-46(72)84-61(12,13)14)57(78)69(19)51(38(10)22-2)59(80)68(50)18/h26-29,34-39,42-44,47-51H,21-25,30-33H2,1-20H3,(H,62,73)(H,63,74)(H,64,75)/t37-,38-,39+,42-,43-,44-,47-,48-,49-,50-,51-/m0/s1. The minimum Gasteiger partial charge on any atom is -0.497 e. The van der Waals surface area contributed by atoms with E-state index >= 15 is 9.59 Å². The van der Waals surface area contributed by atoms with E-state index in [1.807, 2.05) is 13.8 Å². The van der Waals surface area contributed by atoms with E-state index in [-0.39, 0.29) is 19.4 Å². The number of hydrogen-bond donors (Lipinski definition) is 3. The maximum atomic E-state index is 15.2. The van der Waals surface area contributed by atoms with Gasteiger partial charge in [-0.2, -0.15) is 0 Å². The minimum absolute atomic E-state index is 0.112. The topological polar surface area (TPSA) is 271 Å². The second-order valence-electron chi connectivity index (χ2n) is 24.8. The molecule has 9 amide bonds. The summed E-state index contributed by atoms with van der Waals surface area (Å²) < 4.78 is 16.9. The molecule has 2 aliphatic heterocycles. The number of esters is 2. The molecule has 84 heavy (non-hydrogen) atoms. The zero-order chi connectivity index (χ0) is 64.0. The van der Waals surface area contributed by atoms with Crippen molar-refractivity contribution in [3.05, 3.63) is 29.8 Å². The van der Waals surface area contributed by atoms with Crippen LogP contribution < -0.4 is 20.7 Å². The highest BCUT2D eigenvalue weighted by atomic mass is 16.6. The maximum Gasteiger partial charge on any atom is 0.329 e. The third-order valence-electron chi connectivity index (χ3n) is 16.2. The second-order valence-corrected chi connectivity index (χ2v) is 24.8. The van der Waals surface area contributed by atoms with Crippen molar-refractivity contribution in [1.29, 1.82) is 0 Å². The molecule has 0 saturated carbocycles. The molecule has 0 bridgehead atoms. The Balaban J connectivity index is 2.31. The van der Waals surface area contributed by atoms with Crippen molar-refractivity contribution in [2.75, 3.05) is 55.4 Å². The summed E-state index contributed by atoms with van der Waals surface area (Å²) in [6.45, 7) is 23.2. The number of nitrogens with zero attached hydrogens (tertiary/aromatic N) is 6. The van der Waals surface area contributed by atoms with Gasteiger partial charge in [-0.15, -0.1) is 0 Å². The van der Waals surface area contributed by atoms with Crippen LogP contribution in [-0.2, 0) is 68.6 Å². The number of carbonyl (C=O) groups is 11. The van der Waals surface area contributed by atoms with Crippen LogP contribution in [0.4, 0.5) is 0 Å². The SMILES string of the molecule is CC[C@H](C)[C@H]1C(=O)NCC(=O)N(C)[C@@H](C(C)C)C(=O)N[C@@H](Cc2ccc(OC)cc2)C(=O)O[C@H](C)C(=O)N2CCCC[C@H]2C(=O)N(C)[C@@H](C(C)C)C(=O)N[C@@H](C(C)C)C(=O)N(C)[C@@H](CC(=O)OC(C)(C)C)C(=O)N(C)[C@@H]([C@@H](C)CC)C(=O)N1C. The van der Waals surface area contributed by atoms with Crippen molar-refractivity contribution in [2.24, 2.45) is 29.6 Å². The Bertz CT molecular complexity index is 2500. The van der Waals surface area contributed by atoms with Crippen LogP contribution in [-0.4, -0.2) is 210 Å². The lowest BCUT2D eigenvalue weighted by Crippen LogP contribution is -2.63. The van der Waals surface area contributed by atoms with Crippen LogP contribution in [0.5, 0.6) is 5.75 Å². The fraction of sp³-hybridized carbons (Fsp3) is 0.721. The Morgan fingerprint density at radius 1 is 0.631 bits per heavy atom. The molecule has 472 valence electrons. The molecule has 2 fully saturated rings. The van der Waals surface area contributed by atoms with Crippen LogP contribution in [0.1, 0.15) is 141 Å². The number of rotatable bonds is 12. The van der Waals surface area contributed by atoms with Gasteiger partial charge in [0.2, 0.25) is 47.3 Å². The number of benzene rings is 1. The lowest BCUT2D eigenvalue weighted by Gasteiger charge is -2.41. The molecular weight excluding hydrogens is 1080 g/mol. The number of piperidine rings is 1. The Hall–Kier alpha value is -6.81. The molecule has 23 heteroatoms. The maximum absolute atomic E-state index is 15.2. The van der Waals surface area contributed by atoms with Crippen molar-refractivity contribution in [3.63, 3.8) is 0 Å². The Morgan fingerprint density at radius 3 is 1.68 bits per heavy atom. The average Bonchev–Trinajstić information content (AvgIpc) is 3.43. The van der Waals surface area contributed by atoms with E-state index in [4.69, 9.17) is 14.2 Å².